The molecule has 4 rings (SSSR count). The number of aliphatic hydroxyl groups is 1. The summed E-state index contributed by atoms with van der Waals surface area (Å²) in [5, 5.41) is 11.5. The van der Waals surface area contributed by atoms with Crippen molar-refractivity contribution in [2.24, 2.45) is 0 Å². The molecule has 1 unspecified atom stereocenters. The Kier molecular flexibility index (Phi) is 7.80. The number of amides is 4. The van der Waals surface area contributed by atoms with E-state index < -0.39 is 41.3 Å². The lowest BCUT2D eigenvalue weighted by Gasteiger charge is -2.31. The second-order valence-corrected chi connectivity index (χ2v) is 8.89. The molecule has 0 radical (unpaired) electrons. The minimum absolute atomic E-state index is 0.122. The van der Waals surface area contributed by atoms with E-state index in [0.717, 1.165) is 10.5 Å². The number of imide groups is 1. The Morgan fingerprint density at radius 1 is 1.09 bits per heavy atom. The standard InChI is InChI=1S/C24H26FN3O5.C2H6/c1-14-4-9-18(17(25)12-14)28-21(30)19(13-24(28,2)3)27-22(31)20(26-23(27)32)15-5-7-16(8-6-15)33-11-10-29;1-2/h4-9,12,19-20,29H,10-11,13H2,1-3H3,(H,26,32);1-2H3/t19?,20-;/m1./s1. The molecule has 2 fully saturated rings. The van der Waals surface area contributed by atoms with Crippen molar-refractivity contribution in [2.75, 3.05) is 18.1 Å². The molecule has 2 aromatic carbocycles. The fourth-order valence-corrected chi connectivity index (χ4v) is 4.47. The minimum atomic E-state index is -1.04. The number of benzene rings is 2. The van der Waals surface area contributed by atoms with Crippen LogP contribution in [0.1, 0.15) is 51.3 Å². The van der Waals surface area contributed by atoms with Crippen LogP contribution in [-0.2, 0) is 9.59 Å². The maximum Gasteiger partial charge on any atom is 0.325 e. The molecule has 2 saturated heterocycles. The molecule has 2 aromatic rings. The van der Waals surface area contributed by atoms with Crippen molar-refractivity contribution < 1.29 is 28.6 Å². The van der Waals surface area contributed by atoms with Crippen molar-refractivity contribution in [3.05, 3.63) is 59.4 Å². The van der Waals surface area contributed by atoms with E-state index in [9.17, 15) is 18.8 Å². The fraction of sp³-hybridized carbons (Fsp3) is 0.423. The lowest BCUT2D eigenvalue weighted by Crippen LogP contribution is -2.46. The Balaban J connectivity index is 0.00000167. The van der Waals surface area contributed by atoms with E-state index in [2.05, 4.69) is 5.32 Å². The van der Waals surface area contributed by atoms with Crippen LogP contribution in [0.5, 0.6) is 5.75 Å². The van der Waals surface area contributed by atoms with E-state index in [1.165, 1.54) is 11.0 Å². The number of carbonyl (C=O) groups is 3. The summed E-state index contributed by atoms with van der Waals surface area (Å²) in [6.07, 6.45) is 0.180. The fourth-order valence-electron chi connectivity index (χ4n) is 4.47. The van der Waals surface area contributed by atoms with Gasteiger partial charge in [0.15, 0.2) is 0 Å². The van der Waals surface area contributed by atoms with E-state index in [-0.39, 0.29) is 25.3 Å². The monoisotopic (exact) mass is 485 g/mol. The van der Waals surface area contributed by atoms with Gasteiger partial charge in [0.2, 0.25) is 0 Å². The van der Waals surface area contributed by atoms with Crippen LogP contribution in [0.2, 0.25) is 0 Å². The Morgan fingerprint density at radius 3 is 2.34 bits per heavy atom. The van der Waals surface area contributed by atoms with Gasteiger partial charge in [-0.25, -0.2) is 14.1 Å². The number of aryl methyl sites for hydroxylation is 1. The number of rotatable bonds is 6. The third-order valence-electron chi connectivity index (χ3n) is 6.00. The summed E-state index contributed by atoms with van der Waals surface area (Å²) < 4.78 is 20.0. The summed E-state index contributed by atoms with van der Waals surface area (Å²) >= 11 is 0. The predicted octanol–water partition coefficient (Wildman–Crippen LogP) is 3.71. The minimum Gasteiger partial charge on any atom is -0.491 e. The maximum absolute atomic E-state index is 14.7. The summed E-state index contributed by atoms with van der Waals surface area (Å²) in [5.74, 6) is -1.05. The van der Waals surface area contributed by atoms with E-state index >= 15 is 0 Å². The number of carbonyl (C=O) groups excluding carboxylic acids is 3. The van der Waals surface area contributed by atoms with Crippen LogP contribution in [0, 0.1) is 12.7 Å². The smallest absolute Gasteiger partial charge is 0.325 e. The SMILES string of the molecule is CC.Cc1ccc(N2C(=O)C(N3C(=O)N[C@H](c4ccc(OCCO)cc4)C3=O)CC2(C)C)c(F)c1. The molecule has 0 bridgehead atoms. The Hall–Kier alpha value is -3.46. The second kappa shape index (κ2) is 10.4. The van der Waals surface area contributed by atoms with Gasteiger partial charge in [-0.2, -0.15) is 0 Å². The van der Waals surface area contributed by atoms with Gasteiger partial charge in [-0.3, -0.25) is 9.59 Å². The number of aliphatic hydroxyl groups excluding tert-OH is 1. The average Bonchev–Trinajstić information content (AvgIpc) is 3.25. The third kappa shape index (κ3) is 5.00. The van der Waals surface area contributed by atoms with Crippen LogP contribution < -0.4 is 15.0 Å². The number of hydrogen-bond acceptors (Lipinski definition) is 5. The van der Waals surface area contributed by atoms with Crippen molar-refractivity contribution in [3.63, 3.8) is 0 Å². The Labute approximate surface area is 204 Å². The van der Waals surface area contributed by atoms with E-state index in [1.807, 2.05) is 13.8 Å². The molecule has 2 N–H and O–H groups in total. The first-order chi connectivity index (χ1) is 16.6. The summed E-state index contributed by atoms with van der Waals surface area (Å²) in [7, 11) is 0. The van der Waals surface area contributed by atoms with Gasteiger partial charge in [0, 0.05) is 12.0 Å². The van der Waals surface area contributed by atoms with Gasteiger partial charge in [0.25, 0.3) is 11.8 Å². The topological polar surface area (TPSA) is 99.2 Å². The molecule has 0 aliphatic carbocycles. The number of halogens is 1. The zero-order valence-corrected chi connectivity index (χ0v) is 20.7. The van der Waals surface area contributed by atoms with Gasteiger partial charge in [-0.05, 0) is 56.2 Å². The molecular formula is C26H32FN3O5. The maximum atomic E-state index is 14.7. The number of anilines is 1. The van der Waals surface area contributed by atoms with Gasteiger partial charge in [0.1, 0.15) is 30.3 Å². The highest BCUT2D eigenvalue weighted by molar-refractivity contribution is 6.11. The number of urea groups is 1. The normalized spacial score (nSPS) is 21.1. The molecule has 2 aliphatic heterocycles. The van der Waals surface area contributed by atoms with E-state index in [4.69, 9.17) is 9.84 Å². The predicted molar refractivity (Wildman–Crippen MR) is 130 cm³/mol. The first kappa shape index (κ1) is 26.2. The van der Waals surface area contributed by atoms with Crippen LogP contribution >= 0.6 is 0 Å². The molecule has 35 heavy (non-hydrogen) atoms. The highest BCUT2D eigenvalue weighted by atomic mass is 19.1. The number of ether oxygens (including phenoxy) is 1. The van der Waals surface area contributed by atoms with Crippen LogP contribution in [-0.4, -0.2) is 52.6 Å². The van der Waals surface area contributed by atoms with Crippen LogP contribution in [0.4, 0.5) is 14.9 Å². The molecule has 9 heteroatoms. The van der Waals surface area contributed by atoms with Gasteiger partial charge in [-0.15, -0.1) is 0 Å². The molecule has 0 saturated carbocycles. The molecule has 0 aromatic heterocycles. The molecule has 2 heterocycles. The summed E-state index contributed by atoms with van der Waals surface area (Å²) in [5.41, 5.74) is 0.586. The largest absolute Gasteiger partial charge is 0.491 e. The third-order valence-corrected chi connectivity index (χ3v) is 6.00. The summed E-state index contributed by atoms with van der Waals surface area (Å²) in [6.45, 7) is 9.34. The van der Waals surface area contributed by atoms with Crippen LogP contribution in [0.15, 0.2) is 42.5 Å². The first-order valence-corrected chi connectivity index (χ1v) is 11.7. The molecular weight excluding hydrogens is 453 g/mol. The summed E-state index contributed by atoms with van der Waals surface area (Å²) in [4.78, 5) is 41.6. The highest BCUT2D eigenvalue weighted by Gasteiger charge is 2.54. The number of hydrogen-bond donors (Lipinski definition) is 2. The number of nitrogens with one attached hydrogen (secondary N) is 1. The lowest BCUT2D eigenvalue weighted by atomic mass is 9.98. The molecule has 2 aliphatic rings. The molecule has 188 valence electrons. The van der Waals surface area contributed by atoms with E-state index in [0.29, 0.717) is 11.3 Å². The number of nitrogens with zero attached hydrogens (tertiary/aromatic N) is 2. The van der Waals surface area contributed by atoms with Crippen molar-refractivity contribution >= 4 is 23.5 Å². The van der Waals surface area contributed by atoms with Gasteiger partial charge >= 0.3 is 6.03 Å². The van der Waals surface area contributed by atoms with Crippen molar-refractivity contribution in [2.45, 2.75) is 58.7 Å². The van der Waals surface area contributed by atoms with Crippen LogP contribution in [0.3, 0.4) is 0 Å². The van der Waals surface area contributed by atoms with Crippen LogP contribution in [0.25, 0.3) is 0 Å². The Morgan fingerprint density at radius 2 is 1.74 bits per heavy atom. The lowest BCUT2D eigenvalue weighted by molar-refractivity contribution is -0.133. The van der Waals surface area contributed by atoms with Gasteiger partial charge in [-0.1, -0.05) is 32.0 Å². The van der Waals surface area contributed by atoms with Crippen molar-refractivity contribution in [1.29, 1.82) is 0 Å². The Bertz CT molecular complexity index is 1100. The highest BCUT2D eigenvalue weighted by Crippen LogP contribution is 2.40. The molecule has 4 amide bonds. The van der Waals surface area contributed by atoms with Crippen molar-refractivity contribution in [1.82, 2.24) is 10.2 Å². The quantitative estimate of drug-likeness (QED) is 0.608. The molecule has 8 nitrogen and oxygen atoms in total. The molecule has 0 spiro atoms. The zero-order chi connectivity index (χ0) is 25.9. The average molecular weight is 486 g/mol. The van der Waals surface area contributed by atoms with Gasteiger partial charge in [0.05, 0.1) is 12.3 Å². The van der Waals surface area contributed by atoms with Crippen molar-refractivity contribution in [3.8, 4) is 5.75 Å². The second-order valence-electron chi connectivity index (χ2n) is 8.89. The van der Waals surface area contributed by atoms with Gasteiger partial charge < -0.3 is 20.1 Å². The first-order valence-electron chi connectivity index (χ1n) is 11.7. The zero-order valence-electron chi connectivity index (χ0n) is 20.7. The van der Waals surface area contributed by atoms with E-state index in [1.54, 1.807) is 57.2 Å². The molecule has 2 atom stereocenters. The summed E-state index contributed by atoms with van der Waals surface area (Å²) in [6, 6.07) is 8.54.